The van der Waals surface area contributed by atoms with Crippen molar-refractivity contribution in [1.29, 1.82) is 0 Å². The van der Waals surface area contributed by atoms with Crippen LogP contribution in [-0.2, 0) is 20.8 Å². The molecule has 5 nitrogen and oxygen atoms in total. The highest BCUT2D eigenvalue weighted by Crippen LogP contribution is 2.37. The number of hydrogen-bond acceptors (Lipinski definition) is 4. The van der Waals surface area contributed by atoms with Crippen LogP contribution in [0.3, 0.4) is 0 Å². The molecule has 5 aromatic carbocycles. The molecule has 0 aliphatic rings. The summed E-state index contributed by atoms with van der Waals surface area (Å²) in [6, 6.07) is 33.2. The average molecular weight is 493 g/mol. The van der Waals surface area contributed by atoms with Crippen molar-refractivity contribution in [3.63, 3.8) is 0 Å². The molecule has 6 heteroatoms. The lowest BCUT2D eigenvalue weighted by atomic mass is 10.00. The number of rotatable bonds is 6. The van der Waals surface area contributed by atoms with Gasteiger partial charge < -0.3 is 4.57 Å². The molecule has 36 heavy (non-hydrogen) atoms. The molecule has 0 atom stereocenters. The molecule has 0 aliphatic carbocycles. The molecule has 0 unspecified atom stereocenters. The van der Waals surface area contributed by atoms with Crippen molar-refractivity contribution < 1.29 is 12.6 Å². The van der Waals surface area contributed by atoms with Crippen LogP contribution in [0, 0.1) is 6.92 Å². The van der Waals surface area contributed by atoms with Gasteiger partial charge in [0.2, 0.25) is 0 Å². The first-order valence-electron chi connectivity index (χ1n) is 11.8. The summed E-state index contributed by atoms with van der Waals surface area (Å²) in [7, 11) is -3.87. The first-order valence-corrected chi connectivity index (χ1v) is 13.2. The van der Waals surface area contributed by atoms with E-state index < -0.39 is 10.1 Å². The van der Waals surface area contributed by atoms with Crippen LogP contribution in [0.15, 0.2) is 108 Å². The van der Waals surface area contributed by atoms with Crippen molar-refractivity contribution in [2.75, 3.05) is 6.61 Å². The zero-order chi connectivity index (χ0) is 24.7. The monoisotopic (exact) mass is 492 g/mol. The first kappa shape index (κ1) is 22.5. The second-order valence-corrected chi connectivity index (χ2v) is 10.4. The summed E-state index contributed by atoms with van der Waals surface area (Å²) < 4.78 is 33.2. The van der Waals surface area contributed by atoms with Gasteiger partial charge in [0.15, 0.2) is 0 Å². The minimum absolute atomic E-state index is 0.0113. The van der Waals surface area contributed by atoms with E-state index in [0.29, 0.717) is 6.54 Å². The minimum atomic E-state index is -3.87. The molecular formula is C30H24N2O3S. The number of imidazole rings is 1. The zero-order valence-corrected chi connectivity index (χ0v) is 20.6. The smallest absolute Gasteiger partial charge is 0.297 e. The summed E-state index contributed by atoms with van der Waals surface area (Å²) in [4.78, 5) is 5.26. The fourth-order valence-corrected chi connectivity index (χ4v) is 5.70. The topological polar surface area (TPSA) is 61.2 Å². The number of fused-ring (bicyclic) bond motifs is 6. The number of benzene rings is 5. The quantitative estimate of drug-likeness (QED) is 0.191. The Hall–Kier alpha value is -4.00. The Morgan fingerprint density at radius 3 is 2.00 bits per heavy atom. The minimum Gasteiger partial charge on any atom is -0.321 e. The Kier molecular flexibility index (Phi) is 5.55. The SMILES string of the molecule is Cc1ccc(S(=O)(=O)OCCn2c(-c3ccccc3)nc3c4ccccc4c4ccccc4c32)cc1. The van der Waals surface area contributed by atoms with Gasteiger partial charge in [-0.25, -0.2) is 4.98 Å². The van der Waals surface area contributed by atoms with E-state index >= 15 is 0 Å². The maximum atomic E-state index is 12.8. The molecule has 6 rings (SSSR count). The Morgan fingerprint density at radius 2 is 1.31 bits per heavy atom. The molecule has 0 saturated heterocycles. The molecule has 0 radical (unpaired) electrons. The highest BCUT2D eigenvalue weighted by Gasteiger charge is 2.20. The van der Waals surface area contributed by atoms with E-state index in [0.717, 1.165) is 49.5 Å². The largest absolute Gasteiger partial charge is 0.321 e. The van der Waals surface area contributed by atoms with Crippen LogP contribution in [0.5, 0.6) is 0 Å². The molecule has 1 aromatic heterocycles. The highest BCUT2D eigenvalue weighted by atomic mass is 32.2. The molecule has 0 aliphatic heterocycles. The molecule has 178 valence electrons. The fraction of sp³-hybridized carbons (Fsp3) is 0.100. The van der Waals surface area contributed by atoms with Crippen molar-refractivity contribution in [3.05, 3.63) is 109 Å². The third kappa shape index (κ3) is 3.85. The Morgan fingerprint density at radius 1 is 0.722 bits per heavy atom. The summed E-state index contributed by atoms with van der Waals surface area (Å²) in [5.41, 5.74) is 3.82. The van der Waals surface area contributed by atoms with E-state index in [-0.39, 0.29) is 11.5 Å². The summed E-state index contributed by atoms with van der Waals surface area (Å²) in [6.45, 7) is 2.23. The number of aromatic nitrogens is 2. The number of aryl methyl sites for hydroxylation is 1. The molecule has 0 spiro atoms. The summed E-state index contributed by atoms with van der Waals surface area (Å²) >= 11 is 0. The molecular weight excluding hydrogens is 468 g/mol. The molecule has 0 saturated carbocycles. The molecule has 0 bridgehead atoms. The van der Waals surface area contributed by atoms with Crippen LogP contribution < -0.4 is 0 Å². The third-order valence-corrected chi connectivity index (χ3v) is 7.84. The van der Waals surface area contributed by atoms with Gasteiger partial charge in [-0.2, -0.15) is 8.42 Å². The molecule has 0 amide bonds. The van der Waals surface area contributed by atoms with E-state index in [9.17, 15) is 8.42 Å². The van der Waals surface area contributed by atoms with Gasteiger partial charge in [-0.3, -0.25) is 4.18 Å². The molecule has 0 fully saturated rings. The van der Waals surface area contributed by atoms with E-state index in [2.05, 4.69) is 28.8 Å². The molecule has 1 heterocycles. The third-order valence-electron chi connectivity index (χ3n) is 6.52. The standard InChI is InChI=1S/C30H24N2O3S/c1-21-15-17-23(18-16-21)36(33,34)35-20-19-32-29-27-14-8-6-12-25(27)24-11-5-7-13-26(24)28(29)31-30(32)22-9-3-2-4-10-22/h2-18H,19-20H2,1H3. The van der Waals surface area contributed by atoms with E-state index in [1.54, 1.807) is 24.3 Å². The van der Waals surface area contributed by atoms with Gasteiger partial charge in [-0.1, -0.05) is 96.6 Å². The van der Waals surface area contributed by atoms with Gasteiger partial charge in [0.25, 0.3) is 10.1 Å². The zero-order valence-electron chi connectivity index (χ0n) is 19.8. The lowest BCUT2D eigenvalue weighted by Crippen LogP contribution is -2.13. The van der Waals surface area contributed by atoms with Crippen molar-refractivity contribution in [1.82, 2.24) is 9.55 Å². The normalized spacial score (nSPS) is 12.0. The summed E-state index contributed by atoms with van der Waals surface area (Å²) in [5, 5.41) is 4.41. The van der Waals surface area contributed by atoms with Crippen LogP contribution in [0.1, 0.15) is 5.56 Å². The van der Waals surface area contributed by atoms with E-state index in [1.165, 1.54) is 0 Å². The van der Waals surface area contributed by atoms with Crippen molar-refractivity contribution in [3.8, 4) is 11.4 Å². The maximum Gasteiger partial charge on any atom is 0.297 e. The molecule has 6 aromatic rings. The Balaban J connectivity index is 1.51. The molecule has 0 N–H and O–H groups in total. The van der Waals surface area contributed by atoms with Crippen molar-refractivity contribution >= 4 is 42.7 Å². The predicted octanol–water partition coefficient (Wildman–Crippen LogP) is 6.72. The highest BCUT2D eigenvalue weighted by molar-refractivity contribution is 7.86. The van der Waals surface area contributed by atoms with Crippen LogP contribution >= 0.6 is 0 Å². The predicted molar refractivity (Wildman–Crippen MR) is 144 cm³/mol. The number of hydrogen-bond donors (Lipinski definition) is 0. The Bertz CT molecular complexity index is 1820. The van der Waals surface area contributed by atoms with Crippen LogP contribution in [-0.4, -0.2) is 24.6 Å². The van der Waals surface area contributed by atoms with Gasteiger partial charge >= 0.3 is 0 Å². The second kappa shape index (κ2) is 8.90. The summed E-state index contributed by atoms with van der Waals surface area (Å²) in [6.07, 6.45) is 0. The van der Waals surface area contributed by atoms with Gasteiger partial charge in [0, 0.05) is 22.9 Å². The van der Waals surface area contributed by atoms with Crippen LogP contribution in [0.2, 0.25) is 0 Å². The van der Waals surface area contributed by atoms with Gasteiger partial charge in [-0.05, 0) is 29.8 Å². The number of nitrogens with zero attached hydrogens (tertiary/aromatic N) is 2. The Labute approximate surface area is 209 Å². The van der Waals surface area contributed by atoms with E-state index in [4.69, 9.17) is 9.17 Å². The van der Waals surface area contributed by atoms with Crippen LogP contribution in [0.4, 0.5) is 0 Å². The fourth-order valence-electron chi connectivity index (χ4n) is 4.80. The van der Waals surface area contributed by atoms with Crippen LogP contribution in [0.25, 0.3) is 44.0 Å². The lowest BCUT2D eigenvalue weighted by molar-refractivity contribution is 0.303. The van der Waals surface area contributed by atoms with Crippen molar-refractivity contribution in [2.24, 2.45) is 0 Å². The lowest BCUT2D eigenvalue weighted by Gasteiger charge is -2.13. The average Bonchev–Trinajstić information content (AvgIpc) is 3.29. The second-order valence-electron chi connectivity index (χ2n) is 8.83. The van der Waals surface area contributed by atoms with Gasteiger partial charge in [0.05, 0.1) is 22.5 Å². The van der Waals surface area contributed by atoms with E-state index in [1.807, 2.05) is 61.5 Å². The van der Waals surface area contributed by atoms with Gasteiger partial charge in [-0.15, -0.1) is 0 Å². The summed E-state index contributed by atoms with van der Waals surface area (Å²) in [5.74, 6) is 0.781. The van der Waals surface area contributed by atoms with Gasteiger partial charge in [0.1, 0.15) is 5.82 Å². The maximum absolute atomic E-state index is 12.8. The first-order chi connectivity index (χ1) is 17.5. The van der Waals surface area contributed by atoms with Crippen molar-refractivity contribution in [2.45, 2.75) is 18.4 Å².